The van der Waals surface area contributed by atoms with Gasteiger partial charge in [0.25, 0.3) is 0 Å². The summed E-state index contributed by atoms with van der Waals surface area (Å²) in [6.45, 7) is 0. The normalized spacial score (nSPS) is 10.8. The van der Waals surface area contributed by atoms with E-state index in [-0.39, 0.29) is 5.82 Å². The predicted octanol–water partition coefficient (Wildman–Crippen LogP) is 4.96. The fourth-order valence-corrected chi connectivity index (χ4v) is 2.46. The molecule has 0 spiro atoms. The highest BCUT2D eigenvalue weighted by atomic mass is 19.1. The Morgan fingerprint density at radius 1 is 0.769 bits per heavy atom. The monoisotopic (exact) mass is 340 g/mol. The molecule has 0 saturated heterocycles. The lowest BCUT2D eigenvalue weighted by atomic mass is 10.0. The first-order valence-electron chi connectivity index (χ1n) is 8.22. The van der Waals surface area contributed by atoms with Crippen molar-refractivity contribution >= 4 is 0 Å². The van der Waals surface area contributed by atoms with Gasteiger partial charge in [0.15, 0.2) is 0 Å². The zero-order valence-corrected chi connectivity index (χ0v) is 14.4. The Balaban J connectivity index is 1.96. The van der Waals surface area contributed by atoms with Gasteiger partial charge in [-0.3, -0.25) is 0 Å². The summed E-state index contributed by atoms with van der Waals surface area (Å²) < 4.78 is 19.3. The van der Waals surface area contributed by atoms with Crippen molar-refractivity contribution in [3.05, 3.63) is 107 Å². The molecule has 0 aromatic heterocycles. The van der Waals surface area contributed by atoms with Crippen LogP contribution >= 0.6 is 0 Å². The van der Waals surface area contributed by atoms with Gasteiger partial charge in [0, 0.05) is 29.4 Å². The highest BCUT2D eigenvalue weighted by Crippen LogP contribution is 2.21. The molecule has 3 aromatic rings. The summed E-state index contributed by atoms with van der Waals surface area (Å²) in [5, 5.41) is 0. The van der Waals surface area contributed by atoms with E-state index in [9.17, 15) is 4.39 Å². The van der Waals surface area contributed by atoms with Crippen LogP contribution in [0.25, 0.3) is 0 Å². The highest BCUT2D eigenvalue weighted by molar-refractivity contribution is 5.49. The maximum absolute atomic E-state index is 13.7. The predicted molar refractivity (Wildman–Crippen MR) is 102 cm³/mol. The zero-order chi connectivity index (χ0) is 18.2. The van der Waals surface area contributed by atoms with Crippen LogP contribution in [-0.4, -0.2) is 7.11 Å². The number of hydrogen-bond acceptors (Lipinski definition) is 1. The Hall–Kier alpha value is -3.33. The van der Waals surface area contributed by atoms with Crippen LogP contribution in [0.5, 0.6) is 0 Å². The fraction of sp³-hybridized carbons (Fsp3) is 0.0833. The van der Waals surface area contributed by atoms with Crippen LogP contribution in [0.2, 0.25) is 0 Å². The number of halogens is 1. The molecule has 1 nitrogen and oxygen atoms in total. The van der Waals surface area contributed by atoms with Crippen LogP contribution in [0.15, 0.2) is 78.9 Å². The smallest absolute Gasteiger partial charge is 0.144 e. The maximum atomic E-state index is 13.7. The number of benzene rings is 3. The molecule has 0 radical (unpaired) electrons. The fourth-order valence-electron chi connectivity index (χ4n) is 2.46. The molecule has 0 aliphatic rings. The second kappa shape index (κ2) is 8.67. The Morgan fingerprint density at radius 2 is 1.38 bits per heavy atom. The molecule has 0 heterocycles. The molecule has 3 aromatic carbocycles. The van der Waals surface area contributed by atoms with Gasteiger partial charge in [-0.1, -0.05) is 66.1 Å². The first-order chi connectivity index (χ1) is 12.8. The summed E-state index contributed by atoms with van der Waals surface area (Å²) in [7, 11) is 1.59. The molecule has 0 saturated carbocycles. The van der Waals surface area contributed by atoms with Crippen molar-refractivity contribution in [2.24, 2.45) is 0 Å². The van der Waals surface area contributed by atoms with E-state index in [0.717, 1.165) is 16.7 Å². The Morgan fingerprint density at radius 3 is 2.00 bits per heavy atom. The van der Waals surface area contributed by atoms with Gasteiger partial charge in [-0.25, -0.2) is 4.39 Å². The first kappa shape index (κ1) is 17.5. The second-order valence-electron chi connectivity index (χ2n) is 5.60. The lowest BCUT2D eigenvalue weighted by molar-refractivity contribution is 0.150. The highest BCUT2D eigenvalue weighted by Gasteiger charge is 2.12. The summed E-state index contributed by atoms with van der Waals surface area (Å²) in [6, 6.07) is 23.7. The summed E-state index contributed by atoms with van der Waals surface area (Å²) in [6.07, 6.45) is -0.490. The van der Waals surface area contributed by atoms with Crippen LogP contribution in [0.3, 0.4) is 0 Å². The van der Waals surface area contributed by atoms with E-state index in [1.165, 1.54) is 12.1 Å². The summed E-state index contributed by atoms with van der Waals surface area (Å²) in [5.74, 6) is 12.0. The molecule has 2 heteroatoms. The van der Waals surface area contributed by atoms with Gasteiger partial charge in [-0.05, 0) is 36.4 Å². The van der Waals surface area contributed by atoms with Gasteiger partial charge < -0.3 is 4.74 Å². The Labute approximate surface area is 153 Å². The third kappa shape index (κ3) is 4.61. The molecule has 3 rings (SSSR count). The summed E-state index contributed by atoms with van der Waals surface area (Å²) >= 11 is 0. The van der Waals surface area contributed by atoms with Crippen molar-refractivity contribution < 1.29 is 9.13 Å². The van der Waals surface area contributed by atoms with Crippen LogP contribution in [0, 0.1) is 29.5 Å². The first-order valence-corrected chi connectivity index (χ1v) is 8.22. The summed E-state index contributed by atoms with van der Waals surface area (Å²) in [5.41, 5.74) is 3.09. The van der Waals surface area contributed by atoms with Gasteiger partial charge in [0.05, 0.1) is 0 Å². The number of ether oxygens (including phenoxy) is 1. The van der Waals surface area contributed by atoms with E-state index in [4.69, 9.17) is 4.74 Å². The molecule has 0 aliphatic carbocycles. The standard InChI is InChI=1S/C24H17FO/c1-26-24(17-13-20-10-6-3-7-11-20)23-16-15-22(25)18-21(23)14-12-19-8-4-2-5-9-19/h2-11,15-16,18,24H,1H3. The molecule has 26 heavy (non-hydrogen) atoms. The minimum atomic E-state index is -0.490. The van der Waals surface area contributed by atoms with E-state index in [2.05, 4.69) is 23.7 Å². The molecule has 0 bridgehead atoms. The number of methoxy groups -OCH3 is 1. The third-order valence-electron chi connectivity index (χ3n) is 3.77. The van der Waals surface area contributed by atoms with Crippen molar-refractivity contribution in [2.75, 3.05) is 7.11 Å². The van der Waals surface area contributed by atoms with Crippen molar-refractivity contribution in [2.45, 2.75) is 6.10 Å². The Bertz CT molecular complexity index is 986. The van der Waals surface area contributed by atoms with Gasteiger partial charge in [0.2, 0.25) is 0 Å². The zero-order valence-electron chi connectivity index (χ0n) is 14.4. The molecular formula is C24H17FO. The maximum Gasteiger partial charge on any atom is 0.144 e. The van der Waals surface area contributed by atoms with Crippen LogP contribution in [0.4, 0.5) is 4.39 Å². The molecule has 0 amide bonds. The molecule has 126 valence electrons. The SMILES string of the molecule is COC(C#Cc1ccccc1)c1ccc(F)cc1C#Cc1ccccc1. The second-order valence-corrected chi connectivity index (χ2v) is 5.60. The quantitative estimate of drug-likeness (QED) is 0.599. The topological polar surface area (TPSA) is 9.23 Å². The van der Waals surface area contributed by atoms with Crippen molar-refractivity contribution in [3.8, 4) is 23.7 Å². The number of hydrogen-bond donors (Lipinski definition) is 0. The van der Waals surface area contributed by atoms with E-state index in [1.54, 1.807) is 13.2 Å². The third-order valence-corrected chi connectivity index (χ3v) is 3.77. The van der Waals surface area contributed by atoms with Crippen LogP contribution in [-0.2, 0) is 4.74 Å². The van der Waals surface area contributed by atoms with E-state index in [1.807, 2.05) is 60.7 Å². The van der Waals surface area contributed by atoms with Gasteiger partial charge in [-0.2, -0.15) is 0 Å². The van der Waals surface area contributed by atoms with Crippen molar-refractivity contribution in [3.63, 3.8) is 0 Å². The average Bonchev–Trinajstić information content (AvgIpc) is 2.69. The average molecular weight is 340 g/mol. The van der Waals surface area contributed by atoms with Gasteiger partial charge in [-0.15, -0.1) is 0 Å². The molecule has 1 unspecified atom stereocenters. The molecular weight excluding hydrogens is 323 g/mol. The van der Waals surface area contributed by atoms with Crippen molar-refractivity contribution in [1.29, 1.82) is 0 Å². The van der Waals surface area contributed by atoms with E-state index >= 15 is 0 Å². The van der Waals surface area contributed by atoms with Crippen molar-refractivity contribution in [1.82, 2.24) is 0 Å². The largest absolute Gasteiger partial charge is 0.364 e. The number of rotatable bonds is 2. The minimum Gasteiger partial charge on any atom is -0.364 e. The minimum absolute atomic E-state index is 0.336. The molecule has 0 aliphatic heterocycles. The van der Waals surface area contributed by atoms with Crippen LogP contribution < -0.4 is 0 Å². The Kier molecular flexibility index (Phi) is 5.84. The van der Waals surface area contributed by atoms with Gasteiger partial charge in [0.1, 0.15) is 11.9 Å². The lowest BCUT2D eigenvalue weighted by Crippen LogP contribution is -2.02. The van der Waals surface area contributed by atoms with Crippen LogP contribution in [0.1, 0.15) is 28.4 Å². The molecule has 0 fully saturated rings. The van der Waals surface area contributed by atoms with E-state index in [0.29, 0.717) is 5.56 Å². The van der Waals surface area contributed by atoms with Gasteiger partial charge >= 0.3 is 0 Å². The molecule has 0 N–H and O–H groups in total. The molecule has 1 atom stereocenters. The summed E-state index contributed by atoms with van der Waals surface area (Å²) in [4.78, 5) is 0. The van der Waals surface area contributed by atoms with E-state index < -0.39 is 6.10 Å². The lowest BCUT2D eigenvalue weighted by Gasteiger charge is -2.11.